The third-order valence-electron chi connectivity index (χ3n) is 2.40. The summed E-state index contributed by atoms with van der Waals surface area (Å²) < 4.78 is 37.9. The van der Waals surface area contributed by atoms with Gasteiger partial charge in [-0.15, -0.1) is 0 Å². The molecule has 10 nitrogen and oxygen atoms in total. The molecule has 20 heavy (non-hydrogen) atoms. The molecule has 0 aromatic heterocycles. The second-order valence-corrected chi connectivity index (χ2v) is 6.22. The molecule has 0 bridgehead atoms. The molecular formula is C8H15NO9S2. The molecule has 0 radical (unpaired) electrons. The normalized spacial score (nSPS) is 35.9. The lowest BCUT2D eigenvalue weighted by atomic mass is 10.0. The van der Waals surface area contributed by atoms with Crippen molar-refractivity contribution < 1.29 is 42.4 Å². The summed E-state index contributed by atoms with van der Waals surface area (Å²) in [5.74, 6) is 0. The SMILES string of the molecule is C/C(=N/OS(=O)(=O)O)S[C@H]1O[C@@H](CO)[C@@H](O)[C@@H](O)[C@H]1O. The van der Waals surface area contributed by atoms with Crippen molar-refractivity contribution in [2.45, 2.75) is 36.8 Å². The Morgan fingerprint density at radius 1 is 1.30 bits per heavy atom. The van der Waals surface area contributed by atoms with E-state index in [2.05, 4.69) is 9.44 Å². The Hall–Kier alpha value is -0.470. The molecule has 118 valence electrons. The van der Waals surface area contributed by atoms with Crippen LogP contribution in [0.4, 0.5) is 0 Å². The first-order valence-electron chi connectivity index (χ1n) is 5.33. The largest absolute Gasteiger partial charge is 0.466 e. The molecule has 5 N–H and O–H groups in total. The van der Waals surface area contributed by atoms with Crippen molar-refractivity contribution in [1.82, 2.24) is 0 Å². The second-order valence-electron chi connectivity index (χ2n) is 3.93. The highest BCUT2D eigenvalue weighted by atomic mass is 32.3. The molecule has 0 aliphatic carbocycles. The van der Waals surface area contributed by atoms with Gasteiger partial charge in [-0.3, -0.25) is 4.55 Å². The van der Waals surface area contributed by atoms with Crippen LogP contribution in [0.15, 0.2) is 5.16 Å². The maximum absolute atomic E-state index is 10.3. The summed E-state index contributed by atoms with van der Waals surface area (Å²) in [5.41, 5.74) is -1.11. The van der Waals surface area contributed by atoms with Crippen molar-refractivity contribution in [2.75, 3.05) is 6.61 Å². The minimum absolute atomic E-state index is 0.0352. The summed E-state index contributed by atoms with van der Waals surface area (Å²) in [5, 5.41) is 40.8. The van der Waals surface area contributed by atoms with E-state index in [1.54, 1.807) is 0 Å². The van der Waals surface area contributed by atoms with Crippen LogP contribution in [-0.2, 0) is 19.4 Å². The van der Waals surface area contributed by atoms with E-state index in [9.17, 15) is 23.7 Å². The molecule has 1 heterocycles. The van der Waals surface area contributed by atoms with Crippen molar-refractivity contribution in [3.63, 3.8) is 0 Å². The van der Waals surface area contributed by atoms with E-state index in [0.717, 1.165) is 0 Å². The first kappa shape index (κ1) is 17.6. The molecule has 0 aromatic rings. The van der Waals surface area contributed by atoms with E-state index in [4.69, 9.17) is 14.4 Å². The van der Waals surface area contributed by atoms with Crippen molar-refractivity contribution in [1.29, 1.82) is 0 Å². The number of hydrogen-bond donors (Lipinski definition) is 5. The van der Waals surface area contributed by atoms with Crippen LogP contribution in [0.25, 0.3) is 0 Å². The number of aliphatic hydroxyl groups is 4. The van der Waals surface area contributed by atoms with Gasteiger partial charge < -0.3 is 25.2 Å². The fraction of sp³-hybridized carbons (Fsp3) is 0.875. The number of thioether (sulfide) groups is 1. The fourth-order valence-electron chi connectivity index (χ4n) is 1.45. The van der Waals surface area contributed by atoms with Crippen LogP contribution in [0.1, 0.15) is 6.92 Å². The van der Waals surface area contributed by atoms with Crippen LogP contribution in [0, 0.1) is 0 Å². The Balaban J connectivity index is 2.71. The Morgan fingerprint density at radius 2 is 1.90 bits per heavy atom. The highest BCUT2D eigenvalue weighted by molar-refractivity contribution is 8.14. The van der Waals surface area contributed by atoms with Gasteiger partial charge in [0.2, 0.25) is 0 Å². The van der Waals surface area contributed by atoms with Crippen molar-refractivity contribution in [3.05, 3.63) is 0 Å². The second kappa shape index (κ2) is 7.00. The molecule has 1 rings (SSSR count). The number of nitrogens with zero attached hydrogens (tertiary/aromatic N) is 1. The standard InChI is InChI=1S/C8H15NO9S2/c1-3(9-18-20(14,15)16)19-8-7(13)6(12)5(11)4(2-10)17-8/h4-8,10-13H,2H2,1H3,(H,14,15,16)/b9-3-/t4-,5+,6+,7+,8+/m0/s1. The zero-order chi connectivity index (χ0) is 15.5. The van der Waals surface area contributed by atoms with Crippen LogP contribution < -0.4 is 0 Å². The van der Waals surface area contributed by atoms with Crippen LogP contribution in [0.5, 0.6) is 0 Å². The maximum Gasteiger partial charge on any atom is 0.466 e. The zero-order valence-corrected chi connectivity index (χ0v) is 11.9. The molecule has 0 unspecified atom stereocenters. The monoisotopic (exact) mass is 333 g/mol. The fourth-order valence-corrected chi connectivity index (χ4v) is 2.62. The Morgan fingerprint density at radius 3 is 2.40 bits per heavy atom. The van der Waals surface area contributed by atoms with Crippen LogP contribution in [-0.4, -0.2) is 74.9 Å². The van der Waals surface area contributed by atoms with E-state index in [1.807, 2.05) is 0 Å². The van der Waals surface area contributed by atoms with Crippen molar-refractivity contribution in [3.8, 4) is 0 Å². The highest BCUT2D eigenvalue weighted by Crippen LogP contribution is 2.29. The van der Waals surface area contributed by atoms with Gasteiger partial charge in [0, 0.05) is 0 Å². The summed E-state index contributed by atoms with van der Waals surface area (Å²) in [7, 11) is -4.74. The number of hydrogen-bond acceptors (Lipinski definition) is 10. The summed E-state index contributed by atoms with van der Waals surface area (Å²) in [6, 6.07) is 0. The summed E-state index contributed by atoms with van der Waals surface area (Å²) in [6.45, 7) is 0.719. The smallest absolute Gasteiger partial charge is 0.394 e. The Labute approximate surface area is 119 Å². The van der Waals surface area contributed by atoms with Gasteiger partial charge >= 0.3 is 10.4 Å². The van der Waals surface area contributed by atoms with Gasteiger partial charge in [0.1, 0.15) is 34.9 Å². The lowest BCUT2D eigenvalue weighted by molar-refractivity contribution is -0.205. The highest BCUT2D eigenvalue weighted by Gasteiger charge is 2.43. The van der Waals surface area contributed by atoms with Gasteiger partial charge in [-0.1, -0.05) is 16.9 Å². The molecule has 0 aromatic carbocycles. The van der Waals surface area contributed by atoms with Crippen molar-refractivity contribution in [2.24, 2.45) is 5.16 Å². The molecule has 0 saturated carbocycles. The van der Waals surface area contributed by atoms with E-state index in [1.165, 1.54) is 6.92 Å². The number of aliphatic hydroxyl groups excluding tert-OH is 4. The molecule has 0 amide bonds. The molecule has 5 atom stereocenters. The van der Waals surface area contributed by atoms with Crippen LogP contribution in [0.3, 0.4) is 0 Å². The molecule has 12 heteroatoms. The van der Waals surface area contributed by atoms with Gasteiger partial charge in [0.05, 0.1) is 6.61 Å². The van der Waals surface area contributed by atoms with Crippen LogP contribution >= 0.6 is 11.8 Å². The average molecular weight is 333 g/mol. The number of ether oxygens (including phenoxy) is 1. The third kappa shape index (κ3) is 4.82. The quantitative estimate of drug-likeness (QED) is 0.163. The number of rotatable bonds is 4. The molecule has 1 aliphatic heterocycles. The Bertz CT molecular complexity index is 451. The van der Waals surface area contributed by atoms with E-state index >= 15 is 0 Å². The van der Waals surface area contributed by atoms with Gasteiger partial charge in [-0.2, -0.15) is 8.42 Å². The minimum atomic E-state index is -4.74. The minimum Gasteiger partial charge on any atom is -0.394 e. The third-order valence-corrected chi connectivity index (χ3v) is 3.70. The predicted molar refractivity (Wildman–Crippen MR) is 67.1 cm³/mol. The average Bonchev–Trinajstić information content (AvgIpc) is 2.36. The predicted octanol–water partition coefficient (Wildman–Crippen LogP) is -2.33. The molecular weight excluding hydrogens is 318 g/mol. The van der Waals surface area contributed by atoms with Gasteiger partial charge in [0.25, 0.3) is 0 Å². The van der Waals surface area contributed by atoms with E-state index < -0.39 is 46.9 Å². The van der Waals surface area contributed by atoms with E-state index in [-0.39, 0.29) is 5.04 Å². The first-order valence-corrected chi connectivity index (χ1v) is 7.58. The molecule has 1 aliphatic rings. The first-order chi connectivity index (χ1) is 9.15. The molecule has 1 fully saturated rings. The summed E-state index contributed by atoms with van der Waals surface area (Å²) >= 11 is 0.689. The molecule has 1 saturated heterocycles. The molecule has 0 spiro atoms. The number of oxime groups is 1. The topological polar surface area (TPSA) is 166 Å². The van der Waals surface area contributed by atoms with Gasteiger partial charge in [0.15, 0.2) is 0 Å². The Kier molecular flexibility index (Phi) is 6.15. The zero-order valence-electron chi connectivity index (χ0n) is 10.2. The van der Waals surface area contributed by atoms with E-state index in [0.29, 0.717) is 11.8 Å². The summed E-state index contributed by atoms with van der Waals surface area (Å²) in [6.07, 6.45) is -5.61. The van der Waals surface area contributed by atoms with Gasteiger partial charge in [-0.05, 0) is 6.92 Å². The van der Waals surface area contributed by atoms with Crippen molar-refractivity contribution >= 4 is 27.2 Å². The van der Waals surface area contributed by atoms with Gasteiger partial charge in [-0.25, -0.2) is 4.28 Å². The maximum atomic E-state index is 10.3. The summed E-state index contributed by atoms with van der Waals surface area (Å²) in [4.78, 5) is 0. The lowest BCUT2D eigenvalue weighted by Crippen LogP contribution is -2.57. The van der Waals surface area contributed by atoms with Crippen LogP contribution in [0.2, 0.25) is 0 Å². The lowest BCUT2D eigenvalue weighted by Gasteiger charge is -2.39.